The monoisotopic (exact) mass is 504 g/mol. The zero-order valence-corrected chi connectivity index (χ0v) is 17.7. The van der Waals surface area contributed by atoms with E-state index in [2.05, 4.69) is 0 Å². The second-order valence-corrected chi connectivity index (χ2v) is 8.37. The smallest absolute Gasteiger partial charge is 0.187 e. The first kappa shape index (κ1) is 27.9. The molecule has 0 aromatic heterocycles. The molecule has 3 aliphatic heterocycles. The molecule has 0 bridgehead atoms. The van der Waals surface area contributed by atoms with Crippen LogP contribution in [0.1, 0.15) is 0 Å². The minimum Gasteiger partial charge on any atom is -0.394 e. The Morgan fingerprint density at radius 1 is 0.500 bits per heavy atom. The first-order valence-electron chi connectivity index (χ1n) is 10.6. The average molecular weight is 504 g/mol. The van der Waals surface area contributed by atoms with Gasteiger partial charge in [0.15, 0.2) is 18.9 Å². The van der Waals surface area contributed by atoms with E-state index < -0.39 is 112 Å². The Labute approximate surface area is 192 Å². The molecule has 16 nitrogen and oxygen atoms in total. The van der Waals surface area contributed by atoms with Gasteiger partial charge in [0.1, 0.15) is 73.2 Å². The Morgan fingerprint density at radius 2 is 1.00 bits per heavy atom. The summed E-state index contributed by atoms with van der Waals surface area (Å²) in [4.78, 5) is 0. The van der Waals surface area contributed by atoms with Crippen molar-refractivity contribution in [2.75, 3.05) is 19.8 Å². The summed E-state index contributed by atoms with van der Waals surface area (Å²) in [6.07, 6.45) is -25.0. The Hall–Kier alpha value is -0.640. The predicted octanol–water partition coefficient (Wildman–Crippen LogP) is -7.57. The van der Waals surface area contributed by atoms with Crippen LogP contribution < -0.4 is 0 Å². The molecule has 0 radical (unpaired) electrons. The van der Waals surface area contributed by atoms with Crippen molar-refractivity contribution in [3.63, 3.8) is 0 Å². The molecule has 0 aliphatic carbocycles. The van der Waals surface area contributed by atoms with Crippen molar-refractivity contribution >= 4 is 0 Å². The molecule has 16 heteroatoms. The van der Waals surface area contributed by atoms with E-state index in [4.69, 9.17) is 23.7 Å². The highest BCUT2D eigenvalue weighted by atomic mass is 16.8. The van der Waals surface area contributed by atoms with Gasteiger partial charge in [-0.25, -0.2) is 0 Å². The van der Waals surface area contributed by atoms with Gasteiger partial charge in [-0.15, -0.1) is 0 Å². The standard InChI is InChI=1S/C18H32O16/c19-1-4-7(21)11(25)14(28)17(32-4)34-15-12(26)8(22)5(2-20)33-18(15)30-3-6-9(23)10(24)13(27)16(29)31-6/h4-29H,1-3H2/t4-,5-,6-,7+,8+,9-,10+,11+,12+,13-,14-,15-,16+,17-,18+/m1/s1. The van der Waals surface area contributed by atoms with Gasteiger partial charge in [0, 0.05) is 0 Å². The molecule has 3 fully saturated rings. The molecule has 3 saturated heterocycles. The third-order valence-corrected chi connectivity index (χ3v) is 6.08. The van der Waals surface area contributed by atoms with Crippen LogP contribution in [0.25, 0.3) is 0 Å². The van der Waals surface area contributed by atoms with Crippen LogP contribution in [-0.4, -0.2) is 168 Å². The maximum atomic E-state index is 10.5. The van der Waals surface area contributed by atoms with Gasteiger partial charge in [0.25, 0.3) is 0 Å². The zero-order valence-electron chi connectivity index (χ0n) is 17.7. The van der Waals surface area contributed by atoms with Gasteiger partial charge in [-0.1, -0.05) is 0 Å². The van der Waals surface area contributed by atoms with Crippen molar-refractivity contribution in [1.82, 2.24) is 0 Å². The predicted molar refractivity (Wildman–Crippen MR) is 101 cm³/mol. The normalized spacial score (nSPS) is 52.5. The molecule has 3 heterocycles. The third kappa shape index (κ3) is 5.52. The Kier molecular flexibility index (Phi) is 9.54. The SMILES string of the molecule is OC[C@H]1O[C@H](O[C@H]2[C@@H](OC[C@H]3O[C@H](O)[C@H](O)[C@@H](O)[C@@H]3O)O[C@H](CO)[C@H](O)[C@@H]2O)[C@H](O)[C@@H](O)[C@H]1O. The highest BCUT2D eigenvalue weighted by Crippen LogP contribution is 2.30. The molecule has 0 aromatic rings. The maximum Gasteiger partial charge on any atom is 0.187 e. The number of hydrogen-bond donors (Lipinski definition) is 11. The van der Waals surface area contributed by atoms with Crippen LogP contribution in [0.4, 0.5) is 0 Å². The molecule has 0 spiro atoms. The lowest BCUT2D eigenvalue weighted by molar-refractivity contribution is -0.372. The lowest BCUT2D eigenvalue weighted by atomic mass is 9.97. The van der Waals surface area contributed by atoms with E-state index in [1.807, 2.05) is 0 Å². The second-order valence-electron chi connectivity index (χ2n) is 8.37. The zero-order chi connectivity index (χ0) is 25.3. The number of hydrogen-bond acceptors (Lipinski definition) is 16. The number of ether oxygens (including phenoxy) is 5. The number of aliphatic hydroxyl groups is 11. The van der Waals surface area contributed by atoms with E-state index in [0.29, 0.717) is 0 Å². The highest BCUT2D eigenvalue weighted by molar-refractivity contribution is 4.94. The van der Waals surface area contributed by atoms with Gasteiger partial charge in [-0.2, -0.15) is 0 Å². The fourth-order valence-electron chi connectivity index (χ4n) is 3.93. The first-order chi connectivity index (χ1) is 16.0. The van der Waals surface area contributed by atoms with E-state index in [9.17, 15) is 56.2 Å². The van der Waals surface area contributed by atoms with E-state index >= 15 is 0 Å². The fourth-order valence-corrected chi connectivity index (χ4v) is 3.93. The van der Waals surface area contributed by atoms with Crippen LogP contribution in [0.2, 0.25) is 0 Å². The van der Waals surface area contributed by atoms with Crippen molar-refractivity contribution in [3.8, 4) is 0 Å². The van der Waals surface area contributed by atoms with Crippen molar-refractivity contribution < 1.29 is 79.9 Å². The van der Waals surface area contributed by atoms with Gasteiger partial charge < -0.3 is 79.9 Å². The summed E-state index contributed by atoms with van der Waals surface area (Å²) < 4.78 is 26.5. The van der Waals surface area contributed by atoms with Crippen molar-refractivity contribution in [3.05, 3.63) is 0 Å². The fraction of sp³-hybridized carbons (Fsp3) is 1.00. The highest BCUT2D eigenvalue weighted by Gasteiger charge is 2.51. The minimum absolute atomic E-state index is 0.609. The van der Waals surface area contributed by atoms with E-state index in [0.717, 1.165) is 0 Å². The third-order valence-electron chi connectivity index (χ3n) is 6.08. The Morgan fingerprint density at radius 3 is 1.59 bits per heavy atom. The van der Waals surface area contributed by atoms with Crippen LogP contribution in [0.5, 0.6) is 0 Å². The molecule has 0 saturated carbocycles. The molecule has 0 aromatic carbocycles. The van der Waals surface area contributed by atoms with Crippen LogP contribution in [0.3, 0.4) is 0 Å². The largest absolute Gasteiger partial charge is 0.394 e. The molecular formula is C18H32O16. The van der Waals surface area contributed by atoms with Crippen LogP contribution in [-0.2, 0) is 23.7 Å². The summed E-state index contributed by atoms with van der Waals surface area (Å²) in [6.45, 7) is -2.11. The maximum absolute atomic E-state index is 10.5. The molecule has 200 valence electrons. The Balaban J connectivity index is 1.74. The molecule has 3 rings (SSSR count). The number of rotatable bonds is 7. The van der Waals surface area contributed by atoms with Gasteiger partial charge >= 0.3 is 0 Å². The second kappa shape index (κ2) is 11.6. The van der Waals surface area contributed by atoms with Gasteiger partial charge in [-0.3, -0.25) is 0 Å². The van der Waals surface area contributed by atoms with E-state index in [1.165, 1.54) is 0 Å². The molecule has 0 amide bonds. The summed E-state index contributed by atoms with van der Waals surface area (Å²) in [7, 11) is 0. The molecule has 3 aliphatic rings. The first-order valence-corrected chi connectivity index (χ1v) is 10.6. The summed E-state index contributed by atoms with van der Waals surface area (Å²) in [5.74, 6) is 0. The van der Waals surface area contributed by atoms with Crippen molar-refractivity contribution in [2.24, 2.45) is 0 Å². The molecule has 0 unspecified atom stereocenters. The average Bonchev–Trinajstić information content (AvgIpc) is 2.82. The number of aliphatic hydroxyl groups excluding tert-OH is 11. The molecular weight excluding hydrogens is 472 g/mol. The lowest BCUT2D eigenvalue weighted by Gasteiger charge is -2.46. The van der Waals surface area contributed by atoms with Gasteiger partial charge in [0.2, 0.25) is 0 Å². The van der Waals surface area contributed by atoms with E-state index in [-0.39, 0.29) is 0 Å². The van der Waals surface area contributed by atoms with Crippen molar-refractivity contribution in [2.45, 2.75) is 92.1 Å². The Bertz CT molecular complexity index is 639. The van der Waals surface area contributed by atoms with Crippen LogP contribution >= 0.6 is 0 Å². The summed E-state index contributed by atoms with van der Waals surface area (Å²) in [5, 5.41) is 109. The quantitative estimate of drug-likeness (QED) is 0.154. The van der Waals surface area contributed by atoms with E-state index in [1.54, 1.807) is 0 Å². The lowest BCUT2D eigenvalue weighted by Crippen LogP contribution is -2.65. The molecule has 11 N–H and O–H groups in total. The minimum atomic E-state index is -1.85. The van der Waals surface area contributed by atoms with Crippen molar-refractivity contribution in [1.29, 1.82) is 0 Å². The molecule has 15 atom stereocenters. The summed E-state index contributed by atoms with van der Waals surface area (Å²) in [6, 6.07) is 0. The summed E-state index contributed by atoms with van der Waals surface area (Å²) in [5.41, 5.74) is 0. The van der Waals surface area contributed by atoms with Crippen LogP contribution in [0.15, 0.2) is 0 Å². The summed E-state index contributed by atoms with van der Waals surface area (Å²) >= 11 is 0. The van der Waals surface area contributed by atoms with Gasteiger partial charge in [-0.05, 0) is 0 Å². The topological polar surface area (TPSA) is 269 Å². The van der Waals surface area contributed by atoms with Gasteiger partial charge in [0.05, 0.1) is 19.8 Å². The van der Waals surface area contributed by atoms with Crippen LogP contribution in [0, 0.1) is 0 Å². The molecule has 34 heavy (non-hydrogen) atoms.